The van der Waals surface area contributed by atoms with Gasteiger partial charge < -0.3 is 5.32 Å². The highest BCUT2D eigenvalue weighted by Gasteiger charge is 2.27. The topological polar surface area (TPSA) is 12.0 Å². The lowest BCUT2D eigenvalue weighted by Gasteiger charge is -2.35. The lowest BCUT2D eigenvalue weighted by atomic mass is 9.88. The van der Waals surface area contributed by atoms with Crippen LogP contribution in [0.15, 0.2) is 24.3 Å². The molecule has 1 aromatic carbocycles. The van der Waals surface area contributed by atoms with E-state index in [2.05, 4.69) is 69.0 Å². The van der Waals surface area contributed by atoms with Crippen molar-refractivity contribution in [3.63, 3.8) is 0 Å². The first kappa shape index (κ1) is 14.9. The van der Waals surface area contributed by atoms with Crippen molar-refractivity contribution in [1.82, 2.24) is 5.32 Å². The second kappa shape index (κ2) is 6.32. The van der Waals surface area contributed by atoms with Gasteiger partial charge in [-0.2, -0.15) is 11.8 Å². The van der Waals surface area contributed by atoms with Crippen LogP contribution in [0.4, 0.5) is 0 Å². The minimum absolute atomic E-state index is 0.488. The normalized spacial score (nSPS) is 22.7. The summed E-state index contributed by atoms with van der Waals surface area (Å²) in [7, 11) is 0. The van der Waals surface area contributed by atoms with E-state index in [1.165, 1.54) is 29.1 Å². The lowest BCUT2D eigenvalue weighted by Crippen LogP contribution is -2.39. The van der Waals surface area contributed by atoms with Crippen LogP contribution in [0.3, 0.4) is 0 Å². The van der Waals surface area contributed by atoms with Crippen molar-refractivity contribution in [2.75, 3.05) is 11.5 Å². The molecule has 2 heteroatoms. The number of benzene rings is 1. The Balaban J connectivity index is 1.85. The van der Waals surface area contributed by atoms with Crippen LogP contribution >= 0.6 is 11.8 Å². The molecule has 0 bridgehead atoms. The Bertz CT molecular complexity index is 394. The monoisotopic (exact) mass is 277 g/mol. The first-order valence-electron chi connectivity index (χ1n) is 7.36. The van der Waals surface area contributed by atoms with Gasteiger partial charge in [0.05, 0.1) is 0 Å². The maximum Gasteiger partial charge on any atom is 0.0208 e. The van der Waals surface area contributed by atoms with Crippen molar-refractivity contribution in [3.05, 3.63) is 35.4 Å². The van der Waals surface area contributed by atoms with Crippen LogP contribution in [0, 0.1) is 5.41 Å². The maximum absolute atomic E-state index is 3.72. The second-order valence-corrected chi connectivity index (χ2v) is 7.89. The molecule has 1 heterocycles. The Kier molecular flexibility index (Phi) is 4.97. The predicted octanol–water partition coefficient (Wildman–Crippen LogP) is 4.43. The summed E-state index contributed by atoms with van der Waals surface area (Å²) in [6, 6.07) is 9.73. The maximum atomic E-state index is 3.72. The fourth-order valence-electron chi connectivity index (χ4n) is 2.68. The Hall–Kier alpha value is -0.470. The summed E-state index contributed by atoms with van der Waals surface area (Å²) in [5.41, 5.74) is 3.32. The van der Waals surface area contributed by atoms with Gasteiger partial charge in [-0.1, -0.05) is 52.0 Å². The summed E-state index contributed by atoms with van der Waals surface area (Å²) >= 11 is 2.09. The molecular weight excluding hydrogens is 250 g/mol. The van der Waals surface area contributed by atoms with E-state index in [1.54, 1.807) is 0 Å². The molecule has 0 amide bonds. The van der Waals surface area contributed by atoms with E-state index < -0.39 is 0 Å². The van der Waals surface area contributed by atoms with Crippen molar-refractivity contribution >= 4 is 11.8 Å². The summed E-state index contributed by atoms with van der Waals surface area (Å²) in [6.07, 6.45) is 1.30. The van der Waals surface area contributed by atoms with E-state index in [0.717, 1.165) is 6.54 Å². The molecule has 1 aromatic rings. The van der Waals surface area contributed by atoms with Gasteiger partial charge in [-0.3, -0.25) is 0 Å². The lowest BCUT2D eigenvalue weighted by molar-refractivity contribution is 0.317. The summed E-state index contributed by atoms with van der Waals surface area (Å²) in [6.45, 7) is 10.2. The van der Waals surface area contributed by atoms with Gasteiger partial charge in [-0.25, -0.2) is 0 Å². The number of rotatable bonds is 4. The average Bonchev–Trinajstić information content (AvgIpc) is 2.36. The summed E-state index contributed by atoms with van der Waals surface area (Å²) in [5, 5.41) is 3.72. The molecule has 1 atom stereocenters. The molecule has 1 N–H and O–H groups in total. The van der Waals surface area contributed by atoms with Gasteiger partial charge in [0.25, 0.3) is 0 Å². The predicted molar refractivity (Wildman–Crippen MR) is 86.9 cm³/mol. The molecule has 0 aromatic heterocycles. The molecule has 1 fully saturated rings. The highest BCUT2D eigenvalue weighted by atomic mass is 32.2. The van der Waals surface area contributed by atoms with Crippen molar-refractivity contribution in [1.29, 1.82) is 0 Å². The zero-order valence-corrected chi connectivity index (χ0v) is 13.5. The van der Waals surface area contributed by atoms with Gasteiger partial charge in [-0.15, -0.1) is 0 Å². The van der Waals surface area contributed by atoms with Crippen molar-refractivity contribution < 1.29 is 0 Å². The summed E-state index contributed by atoms with van der Waals surface area (Å²) in [5.74, 6) is 3.18. The fourth-order valence-corrected chi connectivity index (χ4v) is 3.98. The summed E-state index contributed by atoms with van der Waals surface area (Å²) in [4.78, 5) is 0. The third-order valence-corrected chi connectivity index (χ3v) is 5.48. The molecule has 0 aliphatic carbocycles. The molecule has 1 aliphatic rings. The Morgan fingerprint density at radius 1 is 1.26 bits per heavy atom. The van der Waals surface area contributed by atoms with Gasteiger partial charge in [0.1, 0.15) is 0 Å². The SMILES string of the molecule is CC(C)c1ccc(CNC2CSCC(C)(C)C2)cc1. The molecule has 2 rings (SSSR count). The van der Waals surface area contributed by atoms with Crippen LogP contribution in [0.1, 0.15) is 51.2 Å². The van der Waals surface area contributed by atoms with Crippen molar-refractivity contribution in [3.8, 4) is 0 Å². The van der Waals surface area contributed by atoms with Crippen LogP contribution in [0.2, 0.25) is 0 Å². The standard InChI is InChI=1S/C17H27NS/c1-13(2)15-7-5-14(6-8-15)10-18-16-9-17(3,4)12-19-11-16/h5-8,13,16,18H,9-12H2,1-4H3. The van der Waals surface area contributed by atoms with Crippen molar-refractivity contribution in [2.24, 2.45) is 5.41 Å². The van der Waals surface area contributed by atoms with Gasteiger partial charge in [0, 0.05) is 18.3 Å². The van der Waals surface area contributed by atoms with E-state index in [4.69, 9.17) is 0 Å². The largest absolute Gasteiger partial charge is 0.309 e. The number of thioether (sulfide) groups is 1. The van der Waals surface area contributed by atoms with E-state index in [-0.39, 0.29) is 0 Å². The van der Waals surface area contributed by atoms with Gasteiger partial charge in [0.2, 0.25) is 0 Å². The Morgan fingerprint density at radius 2 is 1.95 bits per heavy atom. The van der Waals surface area contributed by atoms with Crippen molar-refractivity contribution in [2.45, 2.75) is 52.6 Å². The first-order valence-corrected chi connectivity index (χ1v) is 8.52. The molecule has 0 spiro atoms. The van der Waals surface area contributed by atoms with Crippen LogP contribution in [-0.4, -0.2) is 17.5 Å². The third kappa shape index (κ3) is 4.54. The summed E-state index contributed by atoms with van der Waals surface area (Å²) < 4.78 is 0. The average molecular weight is 277 g/mol. The smallest absolute Gasteiger partial charge is 0.0208 e. The first-order chi connectivity index (χ1) is 8.96. The molecular formula is C17H27NS. The zero-order valence-electron chi connectivity index (χ0n) is 12.7. The minimum atomic E-state index is 0.488. The number of hydrogen-bond donors (Lipinski definition) is 1. The quantitative estimate of drug-likeness (QED) is 0.873. The van der Waals surface area contributed by atoms with E-state index in [9.17, 15) is 0 Å². The van der Waals surface area contributed by atoms with Crippen LogP contribution < -0.4 is 5.32 Å². The number of nitrogens with one attached hydrogen (secondary N) is 1. The van der Waals surface area contributed by atoms with Crippen LogP contribution in [0.5, 0.6) is 0 Å². The molecule has 0 radical (unpaired) electrons. The zero-order chi connectivity index (χ0) is 13.9. The van der Waals surface area contributed by atoms with Crippen LogP contribution in [0.25, 0.3) is 0 Å². The van der Waals surface area contributed by atoms with E-state index in [0.29, 0.717) is 17.4 Å². The van der Waals surface area contributed by atoms with Gasteiger partial charge in [0.15, 0.2) is 0 Å². The van der Waals surface area contributed by atoms with E-state index >= 15 is 0 Å². The highest BCUT2D eigenvalue weighted by molar-refractivity contribution is 7.99. The third-order valence-electron chi connectivity index (χ3n) is 3.85. The minimum Gasteiger partial charge on any atom is -0.309 e. The van der Waals surface area contributed by atoms with E-state index in [1.807, 2.05) is 0 Å². The Labute approximate surface area is 122 Å². The highest BCUT2D eigenvalue weighted by Crippen LogP contribution is 2.33. The molecule has 19 heavy (non-hydrogen) atoms. The van der Waals surface area contributed by atoms with Crippen LogP contribution in [-0.2, 0) is 6.54 Å². The molecule has 1 unspecified atom stereocenters. The molecule has 1 nitrogen and oxygen atoms in total. The fraction of sp³-hybridized carbons (Fsp3) is 0.647. The van der Waals surface area contributed by atoms with Gasteiger partial charge in [-0.05, 0) is 34.6 Å². The molecule has 0 saturated carbocycles. The second-order valence-electron chi connectivity index (χ2n) is 6.86. The Morgan fingerprint density at radius 3 is 2.53 bits per heavy atom. The molecule has 1 saturated heterocycles. The molecule has 106 valence electrons. The van der Waals surface area contributed by atoms with Gasteiger partial charge >= 0.3 is 0 Å². The molecule has 1 aliphatic heterocycles. The number of hydrogen-bond acceptors (Lipinski definition) is 2.